The third-order valence-electron chi connectivity index (χ3n) is 3.80. The predicted octanol–water partition coefficient (Wildman–Crippen LogP) is 2.95. The average molecular weight is 319 g/mol. The molecule has 2 N–H and O–H groups in total. The van der Waals surface area contributed by atoms with Gasteiger partial charge in [0.05, 0.1) is 6.04 Å². The third kappa shape index (κ3) is 4.38. The van der Waals surface area contributed by atoms with E-state index in [1.165, 1.54) is 12.1 Å². The van der Waals surface area contributed by atoms with Crippen LogP contribution in [0.25, 0.3) is 0 Å². The van der Waals surface area contributed by atoms with Gasteiger partial charge in [-0.3, -0.25) is 4.79 Å². The molecule has 0 bridgehead atoms. The fraction of sp³-hybridized carbons (Fsp3) is 0.533. The highest BCUT2D eigenvalue weighted by molar-refractivity contribution is 5.85. The molecule has 0 radical (unpaired) electrons. The van der Waals surface area contributed by atoms with Crippen molar-refractivity contribution >= 4 is 18.3 Å². The second kappa shape index (κ2) is 7.71. The molecule has 3 atom stereocenters. The van der Waals surface area contributed by atoms with Crippen LogP contribution in [0.1, 0.15) is 38.3 Å². The second-order valence-corrected chi connectivity index (χ2v) is 5.45. The van der Waals surface area contributed by atoms with Crippen LogP contribution in [0.4, 0.5) is 8.78 Å². The summed E-state index contributed by atoms with van der Waals surface area (Å²) >= 11 is 0. The number of benzene rings is 1. The number of carbonyl (C=O) groups excluding carboxylic acids is 1. The first kappa shape index (κ1) is 17.9. The lowest BCUT2D eigenvalue weighted by molar-refractivity contribution is -0.126. The van der Waals surface area contributed by atoms with Crippen LogP contribution < -0.4 is 10.6 Å². The molecule has 0 spiro atoms. The Labute approximate surface area is 129 Å². The maximum atomic E-state index is 13.7. The van der Waals surface area contributed by atoms with Gasteiger partial charge in [0.15, 0.2) is 11.6 Å². The maximum Gasteiger partial charge on any atom is 0.223 e. The number of hydrogen-bond acceptors (Lipinski definition) is 2. The van der Waals surface area contributed by atoms with Gasteiger partial charge in [-0.1, -0.05) is 12.1 Å². The number of carbonyl (C=O) groups is 1. The molecule has 1 saturated heterocycles. The van der Waals surface area contributed by atoms with Gasteiger partial charge in [0.25, 0.3) is 0 Å². The van der Waals surface area contributed by atoms with Crippen molar-refractivity contribution in [3.8, 4) is 0 Å². The Balaban J connectivity index is 0.00000220. The highest BCUT2D eigenvalue weighted by atomic mass is 35.5. The van der Waals surface area contributed by atoms with E-state index in [0.717, 1.165) is 25.5 Å². The molecule has 6 heteroatoms. The maximum absolute atomic E-state index is 13.7. The molecule has 1 aromatic rings. The molecule has 118 valence electrons. The van der Waals surface area contributed by atoms with Crippen molar-refractivity contribution < 1.29 is 13.6 Å². The molecular weight excluding hydrogens is 298 g/mol. The van der Waals surface area contributed by atoms with Crippen LogP contribution in [0.15, 0.2) is 18.2 Å². The van der Waals surface area contributed by atoms with Gasteiger partial charge in [0.1, 0.15) is 0 Å². The zero-order chi connectivity index (χ0) is 14.7. The first-order valence-corrected chi connectivity index (χ1v) is 6.96. The predicted molar refractivity (Wildman–Crippen MR) is 80.4 cm³/mol. The monoisotopic (exact) mass is 318 g/mol. The standard InChI is InChI=1S/C15H20F2N2O.ClH/c1-9-8-11(6-7-18-9)15(20)19-10(2)12-4-3-5-13(16)14(12)17;/h3-5,9-11,18H,6-8H2,1-2H3,(H,19,20);1H/t9-,10?,11-;/m0./s1. The molecule has 0 saturated carbocycles. The van der Waals surface area contributed by atoms with E-state index >= 15 is 0 Å². The Kier molecular flexibility index (Phi) is 6.55. The Morgan fingerprint density at radius 2 is 2.14 bits per heavy atom. The van der Waals surface area contributed by atoms with Crippen LogP contribution >= 0.6 is 12.4 Å². The van der Waals surface area contributed by atoms with E-state index in [1.807, 2.05) is 6.92 Å². The summed E-state index contributed by atoms with van der Waals surface area (Å²) in [6.07, 6.45) is 1.54. The zero-order valence-electron chi connectivity index (χ0n) is 12.2. The van der Waals surface area contributed by atoms with E-state index in [9.17, 15) is 13.6 Å². The molecule has 0 aromatic heterocycles. The lowest BCUT2D eigenvalue weighted by Crippen LogP contribution is -2.43. The number of rotatable bonds is 3. The summed E-state index contributed by atoms with van der Waals surface area (Å²) in [6, 6.07) is 3.78. The van der Waals surface area contributed by atoms with Gasteiger partial charge in [0, 0.05) is 17.5 Å². The fourth-order valence-electron chi connectivity index (χ4n) is 2.63. The van der Waals surface area contributed by atoms with Gasteiger partial charge in [-0.2, -0.15) is 0 Å². The van der Waals surface area contributed by atoms with Crippen molar-refractivity contribution in [3.05, 3.63) is 35.4 Å². The molecule has 1 heterocycles. The van der Waals surface area contributed by atoms with Crippen molar-refractivity contribution in [1.29, 1.82) is 0 Å². The van der Waals surface area contributed by atoms with Crippen molar-refractivity contribution in [2.75, 3.05) is 6.54 Å². The molecule has 1 fully saturated rings. The van der Waals surface area contributed by atoms with Crippen LogP contribution in [-0.2, 0) is 4.79 Å². The van der Waals surface area contributed by atoms with E-state index in [4.69, 9.17) is 0 Å². The van der Waals surface area contributed by atoms with Crippen LogP contribution in [0.5, 0.6) is 0 Å². The van der Waals surface area contributed by atoms with Crippen molar-refractivity contribution in [2.24, 2.45) is 5.92 Å². The largest absolute Gasteiger partial charge is 0.349 e. The summed E-state index contributed by atoms with van der Waals surface area (Å²) in [5.41, 5.74) is 0.181. The van der Waals surface area contributed by atoms with Crippen LogP contribution in [0, 0.1) is 17.6 Å². The van der Waals surface area contributed by atoms with Crippen molar-refractivity contribution in [3.63, 3.8) is 0 Å². The molecule has 1 aliphatic heterocycles. The Morgan fingerprint density at radius 3 is 2.81 bits per heavy atom. The number of hydrogen-bond donors (Lipinski definition) is 2. The van der Waals surface area contributed by atoms with Gasteiger partial charge < -0.3 is 10.6 Å². The molecular formula is C15H21ClF2N2O. The quantitative estimate of drug-likeness (QED) is 0.899. The molecule has 0 aliphatic carbocycles. The van der Waals surface area contributed by atoms with Crippen molar-refractivity contribution in [2.45, 2.75) is 38.8 Å². The van der Waals surface area contributed by atoms with Gasteiger partial charge in [0.2, 0.25) is 5.91 Å². The lowest BCUT2D eigenvalue weighted by atomic mass is 9.92. The van der Waals surface area contributed by atoms with Gasteiger partial charge >= 0.3 is 0 Å². The molecule has 1 aromatic carbocycles. The minimum atomic E-state index is -0.890. The highest BCUT2D eigenvalue weighted by Gasteiger charge is 2.26. The van der Waals surface area contributed by atoms with E-state index < -0.39 is 17.7 Å². The van der Waals surface area contributed by atoms with E-state index in [0.29, 0.717) is 6.04 Å². The lowest BCUT2D eigenvalue weighted by Gasteiger charge is -2.28. The van der Waals surface area contributed by atoms with Gasteiger partial charge in [-0.05, 0) is 39.3 Å². The molecule has 21 heavy (non-hydrogen) atoms. The van der Waals surface area contributed by atoms with Gasteiger partial charge in [-0.15, -0.1) is 12.4 Å². The van der Waals surface area contributed by atoms with E-state index in [2.05, 4.69) is 10.6 Å². The Bertz CT molecular complexity index is 499. The molecule has 1 amide bonds. The number of nitrogens with one attached hydrogen (secondary N) is 2. The molecule has 1 unspecified atom stereocenters. The number of piperidine rings is 1. The van der Waals surface area contributed by atoms with Crippen molar-refractivity contribution in [1.82, 2.24) is 10.6 Å². The molecule has 3 nitrogen and oxygen atoms in total. The first-order chi connectivity index (χ1) is 9.49. The Hall–Kier alpha value is -1.20. The summed E-state index contributed by atoms with van der Waals surface area (Å²) in [4.78, 5) is 12.2. The number of halogens is 3. The Morgan fingerprint density at radius 1 is 1.43 bits per heavy atom. The summed E-state index contributed by atoms with van der Waals surface area (Å²) in [7, 11) is 0. The second-order valence-electron chi connectivity index (χ2n) is 5.45. The smallest absolute Gasteiger partial charge is 0.223 e. The zero-order valence-corrected chi connectivity index (χ0v) is 13.0. The van der Waals surface area contributed by atoms with Crippen LogP contribution in [0.2, 0.25) is 0 Å². The highest BCUT2D eigenvalue weighted by Crippen LogP contribution is 2.21. The van der Waals surface area contributed by atoms with E-state index in [1.54, 1.807) is 6.92 Å². The minimum absolute atomic E-state index is 0. The first-order valence-electron chi connectivity index (χ1n) is 6.96. The SMILES string of the molecule is CC(NC(=O)[C@H]1CCN[C@@H](C)C1)c1cccc(F)c1F.Cl. The van der Waals surface area contributed by atoms with Gasteiger partial charge in [-0.25, -0.2) is 8.78 Å². The van der Waals surface area contributed by atoms with Crippen LogP contribution in [0.3, 0.4) is 0 Å². The summed E-state index contributed by atoms with van der Waals surface area (Å²) in [5, 5.41) is 6.06. The number of amides is 1. The fourth-order valence-corrected chi connectivity index (χ4v) is 2.63. The third-order valence-corrected chi connectivity index (χ3v) is 3.80. The molecule has 2 rings (SSSR count). The average Bonchev–Trinajstić information content (AvgIpc) is 2.41. The summed E-state index contributed by atoms with van der Waals surface area (Å²) in [6.45, 7) is 4.51. The van der Waals surface area contributed by atoms with Crippen LogP contribution in [-0.4, -0.2) is 18.5 Å². The minimum Gasteiger partial charge on any atom is -0.349 e. The normalized spacial score (nSPS) is 23.0. The summed E-state index contributed by atoms with van der Waals surface area (Å²) < 4.78 is 26.9. The topological polar surface area (TPSA) is 41.1 Å². The van der Waals surface area contributed by atoms with E-state index in [-0.39, 0.29) is 29.8 Å². The molecule has 1 aliphatic rings. The summed E-state index contributed by atoms with van der Waals surface area (Å²) in [5.74, 6) is -1.93.